The molecular weight excluding hydrogens is 190 g/mol. The summed E-state index contributed by atoms with van der Waals surface area (Å²) in [6, 6.07) is 3.94. The second-order valence-electron chi connectivity index (χ2n) is 2.39. The van der Waals surface area contributed by atoms with Crippen LogP contribution in [0.3, 0.4) is 0 Å². The third-order valence-corrected chi connectivity index (χ3v) is 3.73. The average molecular weight is 197 g/mol. The molecule has 0 aliphatic carbocycles. The minimum absolute atomic E-state index is 0.0309. The lowest BCUT2D eigenvalue weighted by atomic mass is 10.3. The Hall–Kier alpha value is -0.710. The third kappa shape index (κ3) is 1.18. The SMILES string of the molecule is NCC(=O)c1cc2sccc2s1. The molecule has 0 radical (unpaired) electrons. The number of carbonyl (C=O) groups is 1. The van der Waals surface area contributed by atoms with E-state index in [1.54, 1.807) is 11.3 Å². The van der Waals surface area contributed by atoms with Gasteiger partial charge in [-0.05, 0) is 17.5 Å². The normalized spacial score (nSPS) is 10.8. The summed E-state index contributed by atoms with van der Waals surface area (Å²) in [6.07, 6.45) is 0. The van der Waals surface area contributed by atoms with Crippen LogP contribution >= 0.6 is 22.7 Å². The molecule has 2 heterocycles. The van der Waals surface area contributed by atoms with E-state index in [4.69, 9.17) is 5.73 Å². The van der Waals surface area contributed by atoms with Crippen LogP contribution in [0.2, 0.25) is 0 Å². The van der Waals surface area contributed by atoms with Crippen LogP contribution in [0.25, 0.3) is 9.40 Å². The number of fused-ring (bicyclic) bond motifs is 1. The second-order valence-corrected chi connectivity index (χ2v) is 4.42. The predicted octanol–water partition coefficient (Wildman–Crippen LogP) is 2.10. The van der Waals surface area contributed by atoms with E-state index in [-0.39, 0.29) is 12.3 Å². The lowest BCUT2D eigenvalue weighted by Gasteiger charge is -1.87. The average Bonchev–Trinajstić information content (AvgIpc) is 2.60. The van der Waals surface area contributed by atoms with Gasteiger partial charge in [0.1, 0.15) is 0 Å². The zero-order valence-corrected chi connectivity index (χ0v) is 7.87. The smallest absolute Gasteiger partial charge is 0.186 e. The molecule has 0 unspecified atom stereocenters. The quantitative estimate of drug-likeness (QED) is 0.749. The molecule has 62 valence electrons. The van der Waals surface area contributed by atoms with Gasteiger partial charge < -0.3 is 5.73 Å². The van der Waals surface area contributed by atoms with Gasteiger partial charge in [0.2, 0.25) is 0 Å². The number of Topliss-reactive ketones (excluding diaryl/α,β-unsaturated/α-hetero) is 1. The number of hydrogen-bond acceptors (Lipinski definition) is 4. The van der Waals surface area contributed by atoms with E-state index in [0.29, 0.717) is 0 Å². The first kappa shape index (κ1) is 7.91. The molecule has 0 spiro atoms. The van der Waals surface area contributed by atoms with E-state index >= 15 is 0 Å². The Morgan fingerprint density at radius 2 is 2.33 bits per heavy atom. The van der Waals surface area contributed by atoms with Crippen molar-refractivity contribution in [2.75, 3.05) is 6.54 Å². The van der Waals surface area contributed by atoms with Crippen LogP contribution in [0, 0.1) is 0 Å². The summed E-state index contributed by atoms with van der Waals surface area (Å²) in [5.41, 5.74) is 5.26. The van der Waals surface area contributed by atoms with Crippen molar-refractivity contribution in [3.8, 4) is 0 Å². The first-order chi connectivity index (χ1) is 5.81. The van der Waals surface area contributed by atoms with Gasteiger partial charge in [0, 0.05) is 9.40 Å². The van der Waals surface area contributed by atoms with E-state index in [1.165, 1.54) is 20.7 Å². The van der Waals surface area contributed by atoms with Crippen molar-refractivity contribution in [1.82, 2.24) is 0 Å². The highest BCUT2D eigenvalue weighted by Crippen LogP contribution is 2.29. The monoisotopic (exact) mass is 197 g/mol. The summed E-state index contributed by atoms with van der Waals surface area (Å²) in [7, 11) is 0. The Labute approximate surface area is 77.6 Å². The predicted molar refractivity (Wildman–Crippen MR) is 53.1 cm³/mol. The minimum atomic E-state index is 0.0309. The number of nitrogens with two attached hydrogens (primary N) is 1. The van der Waals surface area contributed by atoms with Gasteiger partial charge in [0.25, 0.3) is 0 Å². The van der Waals surface area contributed by atoms with Crippen LogP contribution < -0.4 is 5.73 Å². The maximum Gasteiger partial charge on any atom is 0.186 e. The van der Waals surface area contributed by atoms with Crippen molar-refractivity contribution in [1.29, 1.82) is 0 Å². The molecule has 2 nitrogen and oxygen atoms in total. The Balaban J connectivity index is 2.51. The second kappa shape index (κ2) is 2.97. The molecule has 0 aromatic carbocycles. The standard InChI is InChI=1S/C8H7NOS2/c9-4-5(10)7-3-8-6(12-7)1-2-11-8/h1-3H,4,9H2. The highest BCUT2D eigenvalue weighted by atomic mass is 32.1. The fourth-order valence-corrected chi connectivity index (χ4v) is 3.06. The van der Waals surface area contributed by atoms with E-state index < -0.39 is 0 Å². The molecule has 12 heavy (non-hydrogen) atoms. The summed E-state index contributed by atoms with van der Waals surface area (Å²) in [6.45, 7) is 0.105. The number of hydrogen-bond donors (Lipinski definition) is 1. The number of ketones is 1. The zero-order chi connectivity index (χ0) is 8.55. The molecule has 0 amide bonds. The van der Waals surface area contributed by atoms with E-state index in [0.717, 1.165) is 4.88 Å². The van der Waals surface area contributed by atoms with Gasteiger partial charge in [0.15, 0.2) is 5.78 Å². The molecule has 2 aromatic rings. The fourth-order valence-electron chi connectivity index (χ4n) is 1.00. The van der Waals surface area contributed by atoms with Crippen LogP contribution in [0.4, 0.5) is 0 Å². The topological polar surface area (TPSA) is 43.1 Å². The van der Waals surface area contributed by atoms with Crippen molar-refractivity contribution in [2.45, 2.75) is 0 Å². The summed E-state index contributed by atoms with van der Waals surface area (Å²) >= 11 is 3.17. The summed E-state index contributed by atoms with van der Waals surface area (Å²) in [4.78, 5) is 11.9. The van der Waals surface area contributed by atoms with E-state index in [9.17, 15) is 4.79 Å². The minimum Gasteiger partial charge on any atom is -0.324 e. The van der Waals surface area contributed by atoms with E-state index in [2.05, 4.69) is 0 Å². The molecular formula is C8H7NOS2. The molecule has 0 aliphatic heterocycles. The maximum atomic E-state index is 11.2. The Morgan fingerprint density at radius 1 is 1.50 bits per heavy atom. The molecule has 2 rings (SSSR count). The number of carbonyl (C=O) groups excluding carboxylic acids is 1. The largest absolute Gasteiger partial charge is 0.324 e. The van der Waals surface area contributed by atoms with Gasteiger partial charge in [-0.1, -0.05) is 0 Å². The number of thiophene rings is 2. The summed E-state index contributed by atoms with van der Waals surface area (Å²) < 4.78 is 2.36. The molecule has 2 N–H and O–H groups in total. The Morgan fingerprint density at radius 3 is 3.00 bits per heavy atom. The van der Waals surface area contributed by atoms with Gasteiger partial charge >= 0.3 is 0 Å². The third-order valence-electron chi connectivity index (χ3n) is 1.60. The van der Waals surface area contributed by atoms with Gasteiger partial charge in [-0.15, -0.1) is 22.7 Å². The maximum absolute atomic E-state index is 11.2. The Bertz CT molecular complexity index is 387. The fraction of sp³-hybridized carbons (Fsp3) is 0.125. The van der Waals surface area contributed by atoms with Gasteiger partial charge in [0.05, 0.1) is 11.4 Å². The molecule has 2 aromatic heterocycles. The zero-order valence-electron chi connectivity index (χ0n) is 6.24. The number of rotatable bonds is 2. The summed E-state index contributed by atoms with van der Waals surface area (Å²) in [5.74, 6) is 0.0309. The first-order valence-electron chi connectivity index (χ1n) is 3.51. The highest BCUT2D eigenvalue weighted by molar-refractivity contribution is 7.27. The molecule has 0 fully saturated rings. The van der Waals surface area contributed by atoms with Crippen LogP contribution in [0.5, 0.6) is 0 Å². The molecule has 0 saturated heterocycles. The van der Waals surface area contributed by atoms with Crippen molar-refractivity contribution in [3.05, 3.63) is 22.4 Å². The summed E-state index contributed by atoms with van der Waals surface area (Å²) in [5, 5.41) is 2.03. The van der Waals surface area contributed by atoms with E-state index in [1.807, 2.05) is 17.5 Å². The van der Waals surface area contributed by atoms with Crippen molar-refractivity contribution >= 4 is 37.9 Å². The van der Waals surface area contributed by atoms with Crippen LogP contribution in [-0.2, 0) is 0 Å². The molecule has 0 bridgehead atoms. The molecule has 0 aliphatic rings. The van der Waals surface area contributed by atoms with Crippen LogP contribution in [0.15, 0.2) is 17.5 Å². The van der Waals surface area contributed by atoms with Gasteiger partial charge in [-0.2, -0.15) is 0 Å². The lowest BCUT2D eigenvalue weighted by Crippen LogP contribution is -2.11. The van der Waals surface area contributed by atoms with Crippen LogP contribution in [-0.4, -0.2) is 12.3 Å². The van der Waals surface area contributed by atoms with Gasteiger partial charge in [-0.25, -0.2) is 0 Å². The molecule has 0 saturated carbocycles. The van der Waals surface area contributed by atoms with Crippen molar-refractivity contribution in [3.63, 3.8) is 0 Å². The van der Waals surface area contributed by atoms with Crippen LogP contribution in [0.1, 0.15) is 9.67 Å². The first-order valence-corrected chi connectivity index (χ1v) is 5.21. The lowest BCUT2D eigenvalue weighted by molar-refractivity contribution is 0.101. The van der Waals surface area contributed by atoms with Gasteiger partial charge in [-0.3, -0.25) is 4.79 Å². The van der Waals surface area contributed by atoms with Crippen molar-refractivity contribution in [2.24, 2.45) is 5.73 Å². The molecule has 4 heteroatoms. The molecule has 0 atom stereocenters. The highest BCUT2D eigenvalue weighted by Gasteiger charge is 2.08. The Kier molecular flexibility index (Phi) is 1.96. The van der Waals surface area contributed by atoms with Crippen molar-refractivity contribution < 1.29 is 4.79 Å².